The van der Waals surface area contributed by atoms with E-state index in [1.165, 1.54) is 42.8 Å². The zero-order valence-corrected chi connectivity index (χ0v) is 13.3. The highest BCUT2D eigenvalue weighted by atomic mass is 32.1. The zero-order valence-electron chi connectivity index (χ0n) is 12.5. The second kappa shape index (κ2) is 4.94. The average molecular weight is 310 g/mol. The second-order valence-corrected chi connectivity index (χ2v) is 6.69. The summed E-state index contributed by atoms with van der Waals surface area (Å²) in [5, 5.41) is 9.08. The summed E-state index contributed by atoms with van der Waals surface area (Å²) in [5.41, 5.74) is 2.63. The molecule has 0 aliphatic heterocycles. The number of fused-ring (bicyclic) bond motifs is 6. The van der Waals surface area contributed by atoms with Crippen molar-refractivity contribution >= 4 is 43.0 Å². The predicted molar refractivity (Wildman–Crippen MR) is 102 cm³/mol. The molecule has 0 amide bonds. The van der Waals surface area contributed by atoms with Crippen LogP contribution in [0, 0.1) is 0 Å². The number of hydrogen-bond donors (Lipinski definition) is 0. The summed E-state index contributed by atoms with van der Waals surface area (Å²) < 4.78 is 1.39. The van der Waals surface area contributed by atoms with Crippen LogP contribution in [0.25, 0.3) is 42.8 Å². The molecule has 1 heteroatoms. The van der Waals surface area contributed by atoms with E-state index in [-0.39, 0.29) is 0 Å². The Morgan fingerprint density at radius 2 is 1.09 bits per heavy atom. The molecule has 0 atom stereocenters. The van der Waals surface area contributed by atoms with Crippen LogP contribution in [-0.4, -0.2) is 0 Å². The molecule has 1 aromatic heterocycles. The van der Waals surface area contributed by atoms with E-state index in [4.69, 9.17) is 0 Å². The largest absolute Gasteiger partial charge is 0.142 e. The Labute approximate surface area is 138 Å². The molecule has 23 heavy (non-hydrogen) atoms. The van der Waals surface area contributed by atoms with E-state index in [0.717, 1.165) is 0 Å². The van der Waals surface area contributed by atoms with Crippen molar-refractivity contribution < 1.29 is 0 Å². The van der Waals surface area contributed by atoms with Crippen LogP contribution in [0.4, 0.5) is 0 Å². The molecular weight excluding hydrogens is 296 g/mol. The van der Waals surface area contributed by atoms with E-state index in [1.807, 2.05) is 11.3 Å². The lowest BCUT2D eigenvalue weighted by Gasteiger charge is -2.08. The summed E-state index contributed by atoms with van der Waals surface area (Å²) in [7, 11) is 0. The molecule has 0 bridgehead atoms. The van der Waals surface area contributed by atoms with Gasteiger partial charge in [0.1, 0.15) is 0 Å². The topological polar surface area (TPSA) is 0 Å². The van der Waals surface area contributed by atoms with Crippen molar-refractivity contribution in [2.24, 2.45) is 0 Å². The van der Waals surface area contributed by atoms with Crippen molar-refractivity contribution in [2.75, 3.05) is 0 Å². The lowest BCUT2D eigenvalue weighted by Crippen LogP contribution is -1.81. The fourth-order valence-corrected chi connectivity index (χ4v) is 4.64. The molecule has 0 aliphatic carbocycles. The maximum absolute atomic E-state index is 2.30. The fraction of sp³-hybridized carbons (Fsp3) is 0. The van der Waals surface area contributed by atoms with Gasteiger partial charge in [0.25, 0.3) is 0 Å². The first-order chi connectivity index (χ1) is 11.4. The lowest BCUT2D eigenvalue weighted by atomic mass is 9.95. The number of thiophene rings is 1. The van der Waals surface area contributed by atoms with Crippen LogP contribution in [0.3, 0.4) is 0 Å². The Hall–Kier alpha value is -2.64. The van der Waals surface area contributed by atoms with Crippen molar-refractivity contribution in [3.63, 3.8) is 0 Å². The summed E-state index contributed by atoms with van der Waals surface area (Å²) in [6.45, 7) is 0. The van der Waals surface area contributed by atoms with E-state index in [0.29, 0.717) is 0 Å². The number of benzene rings is 4. The van der Waals surface area contributed by atoms with Crippen LogP contribution in [0.15, 0.2) is 84.2 Å². The second-order valence-electron chi connectivity index (χ2n) is 5.81. The van der Waals surface area contributed by atoms with E-state index in [1.54, 1.807) is 0 Å². The van der Waals surface area contributed by atoms with Gasteiger partial charge < -0.3 is 0 Å². The van der Waals surface area contributed by atoms with Gasteiger partial charge in [-0.15, -0.1) is 11.3 Å². The predicted octanol–water partition coefficient (Wildman–Crippen LogP) is 6.87. The molecule has 1 heterocycles. The van der Waals surface area contributed by atoms with Crippen LogP contribution in [-0.2, 0) is 0 Å². The standard InChI is InChI=1S/C22H14S/c1-2-8-15(9-3-1)20-14-23-22-19-13-7-5-11-17(19)16-10-4-6-12-18(16)21(20)22/h1-14H. The smallest absolute Gasteiger partial charge is 0.0434 e. The molecule has 0 saturated carbocycles. The molecule has 0 nitrogen and oxygen atoms in total. The minimum Gasteiger partial charge on any atom is -0.142 e. The normalized spacial score (nSPS) is 11.5. The van der Waals surface area contributed by atoms with E-state index >= 15 is 0 Å². The van der Waals surface area contributed by atoms with Crippen LogP contribution in [0.2, 0.25) is 0 Å². The average Bonchev–Trinajstić information content (AvgIpc) is 3.08. The van der Waals surface area contributed by atoms with Gasteiger partial charge in [0.2, 0.25) is 0 Å². The first-order valence-corrected chi connectivity index (χ1v) is 8.67. The van der Waals surface area contributed by atoms with E-state index < -0.39 is 0 Å². The fourth-order valence-electron chi connectivity index (χ4n) is 3.51. The third-order valence-electron chi connectivity index (χ3n) is 4.53. The molecule has 4 aromatic carbocycles. The van der Waals surface area contributed by atoms with Gasteiger partial charge in [-0.25, -0.2) is 0 Å². The van der Waals surface area contributed by atoms with Crippen molar-refractivity contribution in [1.29, 1.82) is 0 Å². The lowest BCUT2D eigenvalue weighted by molar-refractivity contribution is 1.69. The number of hydrogen-bond acceptors (Lipinski definition) is 1. The molecule has 5 rings (SSSR count). The highest BCUT2D eigenvalue weighted by molar-refractivity contribution is 7.19. The van der Waals surface area contributed by atoms with Gasteiger partial charge in [0.15, 0.2) is 0 Å². The Bertz CT molecular complexity index is 1150. The molecule has 0 saturated heterocycles. The van der Waals surface area contributed by atoms with Gasteiger partial charge in [-0.1, -0.05) is 78.9 Å². The van der Waals surface area contributed by atoms with Crippen molar-refractivity contribution in [2.45, 2.75) is 0 Å². The molecule has 0 fully saturated rings. The van der Waals surface area contributed by atoms with Crippen LogP contribution in [0.1, 0.15) is 0 Å². The van der Waals surface area contributed by atoms with Crippen LogP contribution < -0.4 is 0 Å². The summed E-state index contributed by atoms with van der Waals surface area (Å²) in [4.78, 5) is 0. The Morgan fingerprint density at radius 1 is 0.522 bits per heavy atom. The third-order valence-corrected chi connectivity index (χ3v) is 5.55. The maximum Gasteiger partial charge on any atom is 0.0434 e. The molecule has 0 spiro atoms. The first kappa shape index (κ1) is 12.9. The first-order valence-electron chi connectivity index (χ1n) is 7.79. The van der Waals surface area contributed by atoms with Crippen LogP contribution >= 0.6 is 11.3 Å². The van der Waals surface area contributed by atoms with Crippen molar-refractivity contribution in [1.82, 2.24) is 0 Å². The van der Waals surface area contributed by atoms with E-state index in [2.05, 4.69) is 84.2 Å². The van der Waals surface area contributed by atoms with Crippen molar-refractivity contribution in [3.8, 4) is 11.1 Å². The van der Waals surface area contributed by atoms with Crippen molar-refractivity contribution in [3.05, 3.63) is 84.2 Å². The minimum absolute atomic E-state index is 1.29. The monoisotopic (exact) mass is 310 g/mol. The number of rotatable bonds is 1. The summed E-state index contributed by atoms with van der Waals surface area (Å²) in [5.74, 6) is 0. The van der Waals surface area contributed by atoms with Crippen LogP contribution in [0.5, 0.6) is 0 Å². The molecule has 0 radical (unpaired) electrons. The summed E-state index contributed by atoms with van der Waals surface area (Å²) >= 11 is 1.85. The summed E-state index contributed by atoms with van der Waals surface area (Å²) in [6, 6.07) is 28.2. The molecule has 0 unspecified atom stereocenters. The molecule has 0 N–H and O–H groups in total. The van der Waals surface area contributed by atoms with Gasteiger partial charge in [0.05, 0.1) is 0 Å². The maximum atomic E-state index is 2.30. The van der Waals surface area contributed by atoms with Gasteiger partial charge in [0, 0.05) is 21.0 Å². The molecule has 108 valence electrons. The third kappa shape index (κ3) is 1.84. The van der Waals surface area contributed by atoms with Gasteiger partial charge in [-0.3, -0.25) is 0 Å². The Morgan fingerprint density at radius 3 is 1.83 bits per heavy atom. The van der Waals surface area contributed by atoms with Gasteiger partial charge >= 0.3 is 0 Å². The zero-order chi connectivity index (χ0) is 15.2. The molecule has 0 aliphatic rings. The highest BCUT2D eigenvalue weighted by Gasteiger charge is 2.14. The Kier molecular flexibility index (Phi) is 2.76. The SMILES string of the molecule is c1ccc(-c2csc3c4ccccc4c4ccccc4c23)cc1. The minimum atomic E-state index is 1.29. The van der Waals surface area contributed by atoms with Gasteiger partial charge in [-0.2, -0.15) is 0 Å². The molecule has 5 aromatic rings. The van der Waals surface area contributed by atoms with Gasteiger partial charge in [-0.05, 0) is 27.1 Å². The Balaban J connectivity index is 2.06. The van der Waals surface area contributed by atoms with E-state index in [9.17, 15) is 0 Å². The molecular formula is C22H14S. The quantitative estimate of drug-likeness (QED) is 0.296. The highest BCUT2D eigenvalue weighted by Crippen LogP contribution is 2.43. The summed E-state index contributed by atoms with van der Waals surface area (Å²) in [6.07, 6.45) is 0.